The fraction of sp³-hybridized carbons (Fsp3) is 0.556. The lowest BCUT2D eigenvalue weighted by Gasteiger charge is -2.36. The first-order valence-electron chi connectivity index (χ1n) is 8.19. The minimum absolute atomic E-state index is 0.253. The highest BCUT2D eigenvalue weighted by Gasteiger charge is 2.34. The van der Waals surface area contributed by atoms with E-state index in [2.05, 4.69) is 5.32 Å². The predicted molar refractivity (Wildman–Crippen MR) is 101 cm³/mol. The van der Waals surface area contributed by atoms with E-state index in [1.165, 1.54) is 0 Å². The summed E-state index contributed by atoms with van der Waals surface area (Å²) in [5.74, 6) is -0.0312. The Bertz CT molecular complexity index is 594. The van der Waals surface area contributed by atoms with E-state index < -0.39 is 5.60 Å². The van der Waals surface area contributed by atoms with Gasteiger partial charge in [0.1, 0.15) is 15.3 Å². The van der Waals surface area contributed by atoms with Gasteiger partial charge < -0.3 is 14.8 Å². The number of nitrogens with one attached hydrogen (secondary N) is 1. The third-order valence-electron chi connectivity index (χ3n) is 4.29. The molecule has 1 unspecified atom stereocenters. The zero-order chi connectivity index (χ0) is 17.7. The second-order valence-electron chi connectivity index (χ2n) is 6.58. The van der Waals surface area contributed by atoms with E-state index in [-0.39, 0.29) is 15.9 Å². The standard InChI is InChI=1S/C18H24INO4/c1-12(19)16(21)23-15-6-4-5-13(11-15)17(22)24-18(2,3)14-7-9-20-10-8-14/h4-6,11-12,14,20H,7-10H2,1-3H3. The predicted octanol–water partition coefficient (Wildman–Crippen LogP) is 3.35. The molecule has 5 nitrogen and oxygen atoms in total. The van der Waals surface area contributed by atoms with E-state index in [0.717, 1.165) is 25.9 Å². The van der Waals surface area contributed by atoms with Crippen molar-refractivity contribution < 1.29 is 19.1 Å². The van der Waals surface area contributed by atoms with Gasteiger partial charge in [-0.05, 0) is 64.9 Å². The molecule has 1 N–H and O–H groups in total. The van der Waals surface area contributed by atoms with E-state index in [9.17, 15) is 9.59 Å². The van der Waals surface area contributed by atoms with Gasteiger partial charge in [0.05, 0.1) is 5.56 Å². The first-order chi connectivity index (χ1) is 11.3. The summed E-state index contributed by atoms with van der Waals surface area (Å²) in [5.41, 5.74) is -0.133. The molecule has 1 atom stereocenters. The molecule has 0 amide bonds. The van der Waals surface area contributed by atoms with Gasteiger partial charge in [-0.25, -0.2) is 4.79 Å². The molecule has 1 saturated heterocycles. The van der Waals surface area contributed by atoms with E-state index in [1.54, 1.807) is 31.2 Å². The fourth-order valence-corrected chi connectivity index (χ4v) is 2.91. The minimum atomic E-state index is -0.525. The molecular formula is C18H24INO4. The van der Waals surface area contributed by atoms with Crippen LogP contribution < -0.4 is 10.1 Å². The van der Waals surface area contributed by atoms with Gasteiger partial charge in [-0.2, -0.15) is 0 Å². The largest absolute Gasteiger partial charge is 0.456 e. The number of halogens is 1. The Kier molecular flexibility index (Phi) is 6.62. The van der Waals surface area contributed by atoms with Gasteiger partial charge in [0.15, 0.2) is 0 Å². The number of carbonyl (C=O) groups excluding carboxylic acids is 2. The molecule has 0 aromatic heterocycles. The second-order valence-corrected chi connectivity index (χ2v) is 8.45. The van der Waals surface area contributed by atoms with Crippen LogP contribution in [0.1, 0.15) is 44.0 Å². The van der Waals surface area contributed by atoms with Crippen LogP contribution in [0.3, 0.4) is 0 Å². The summed E-state index contributed by atoms with van der Waals surface area (Å²) in [6.07, 6.45) is 1.98. The van der Waals surface area contributed by atoms with Gasteiger partial charge in [-0.3, -0.25) is 4.79 Å². The molecule has 1 aliphatic heterocycles. The van der Waals surface area contributed by atoms with Crippen molar-refractivity contribution in [2.75, 3.05) is 13.1 Å². The average molecular weight is 445 g/mol. The first-order valence-corrected chi connectivity index (χ1v) is 9.44. The molecule has 1 fully saturated rings. The quantitative estimate of drug-likeness (QED) is 0.326. The van der Waals surface area contributed by atoms with E-state index in [4.69, 9.17) is 9.47 Å². The van der Waals surface area contributed by atoms with Crippen LogP contribution in [0.5, 0.6) is 5.75 Å². The summed E-state index contributed by atoms with van der Waals surface area (Å²) in [7, 11) is 0. The zero-order valence-corrected chi connectivity index (χ0v) is 16.5. The molecule has 0 spiro atoms. The SMILES string of the molecule is CC(I)C(=O)Oc1cccc(C(=O)OC(C)(C)C2CCNCC2)c1. The Labute approximate surface area is 156 Å². The molecule has 1 aromatic carbocycles. The molecule has 0 bridgehead atoms. The van der Waals surface area contributed by atoms with Gasteiger partial charge in [0.25, 0.3) is 0 Å². The highest BCUT2D eigenvalue weighted by molar-refractivity contribution is 14.1. The molecule has 24 heavy (non-hydrogen) atoms. The number of carbonyl (C=O) groups is 2. The van der Waals surface area contributed by atoms with Gasteiger partial charge >= 0.3 is 11.9 Å². The van der Waals surface area contributed by atoms with E-state index >= 15 is 0 Å². The Morgan fingerprint density at radius 2 is 1.96 bits per heavy atom. The van der Waals surface area contributed by atoms with Crippen molar-refractivity contribution in [3.05, 3.63) is 29.8 Å². The topological polar surface area (TPSA) is 64.6 Å². The van der Waals surface area contributed by atoms with Crippen LogP contribution in [-0.2, 0) is 9.53 Å². The summed E-state index contributed by atoms with van der Waals surface area (Å²) in [5, 5.41) is 3.32. The number of alkyl halides is 1. The number of esters is 2. The second kappa shape index (κ2) is 8.29. The number of hydrogen-bond acceptors (Lipinski definition) is 5. The molecule has 132 valence electrons. The third kappa shape index (κ3) is 5.17. The van der Waals surface area contributed by atoms with Crippen molar-refractivity contribution in [3.8, 4) is 5.75 Å². The average Bonchev–Trinajstić information content (AvgIpc) is 2.55. The summed E-state index contributed by atoms with van der Waals surface area (Å²) in [4.78, 5) is 24.2. The number of hydrogen-bond donors (Lipinski definition) is 1. The van der Waals surface area contributed by atoms with Crippen LogP contribution in [0.25, 0.3) is 0 Å². The number of benzene rings is 1. The number of rotatable bonds is 5. The van der Waals surface area contributed by atoms with Crippen molar-refractivity contribution in [3.63, 3.8) is 0 Å². The fourth-order valence-electron chi connectivity index (χ4n) is 2.78. The molecule has 2 rings (SSSR count). The molecule has 1 aliphatic rings. The van der Waals surface area contributed by atoms with Gasteiger partial charge in [-0.1, -0.05) is 28.7 Å². The van der Waals surface area contributed by atoms with Crippen LogP contribution in [-0.4, -0.2) is 34.6 Å². The Morgan fingerprint density at radius 1 is 1.29 bits per heavy atom. The lowest BCUT2D eigenvalue weighted by atomic mass is 9.83. The normalized spacial score (nSPS) is 17.2. The van der Waals surface area contributed by atoms with Crippen molar-refractivity contribution >= 4 is 34.5 Å². The molecule has 0 saturated carbocycles. The van der Waals surface area contributed by atoms with E-state index in [0.29, 0.717) is 17.2 Å². The lowest BCUT2D eigenvalue weighted by Crippen LogP contribution is -2.42. The first kappa shape index (κ1) is 19.2. The zero-order valence-electron chi connectivity index (χ0n) is 14.3. The highest BCUT2D eigenvalue weighted by atomic mass is 127. The van der Waals surface area contributed by atoms with Crippen molar-refractivity contribution in [1.29, 1.82) is 0 Å². The van der Waals surface area contributed by atoms with Crippen LogP contribution in [0, 0.1) is 5.92 Å². The molecule has 1 heterocycles. The molecule has 1 aromatic rings. The Balaban J connectivity index is 2.05. The third-order valence-corrected chi connectivity index (χ3v) is 4.80. The van der Waals surface area contributed by atoms with Crippen molar-refractivity contribution in [2.24, 2.45) is 5.92 Å². The highest BCUT2D eigenvalue weighted by Crippen LogP contribution is 2.30. The monoisotopic (exact) mass is 445 g/mol. The Hall–Kier alpha value is -1.15. The Morgan fingerprint density at radius 3 is 2.58 bits per heavy atom. The van der Waals surface area contributed by atoms with Gasteiger partial charge in [0.2, 0.25) is 0 Å². The minimum Gasteiger partial charge on any atom is -0.456 e. The maximum absolute atomic E-state index is 12.5. The van der Waals surface area contributed by atoms with Crippen LogP contribution in [0.2, 0.25) is 0 Å². The summed E-state index contributed by atoms with van der Waals surface area (Å²) in [6, 6.07) is 6.57. The maximum Gasteiger partial charge on any atom is 0.338 e. The van der Waals surface area contributed by atoms with Crippen molar-refractivity contribution in [2.45, 2.75) is 43.1 Å². The summed E-state index contributed by atoms with van der Waals surface area (Å²) < 4.78 is 10.8. The lowest BCUT2D eigenvalue weighted by molar-refractivity contribution is -0.133. The van der Waals surface area contributed by atoms with Crippen LogP contribution in [0.4, 0.5) is 0 Å². The van der Waals surface area contributed by atoms with E-state index in [1.807, 2.05) is 36.4 Å². The number of piperidine rings is 1. The molecule has 0 radical (unpaired) electrons. The summed E-state index contributed by atoms with van der Waals surface area (Å²) in [6.45, 7) is 7.57. The van der Waals surface area contributed by atoms with Crippen LogP contribution >= 0.6 is 22.6 Å². The van der Waals surface area contributed by atoms with Crippen LogP contribution in [0.15, 0.2) is 24.3 Å². The maximum atomic E-state index is 12.5. The number of ether oxygens (including phenoxy) is 2. The molecule has 0 aliphatic carbocycles. The smallest absolute Gasteiger partial charge is 0.338 e. The van der Waals surface area contributed by atoms with Gasteiger partial charge in [0, 0.05) is 5.92 Å². The summed E-state index contributed by atoms with van der Waals surface area (Å²) >= 11 is 1.99. The van der Waals surface area contributed by atoms with Crippen molar-refractivity contribution in [1.82, 2.24) is 5.32 Å². The molecule has 6 heteroatoms. The molecular weight excluding hydrogens is 421 g/mol. The van der Waals surface area contributed by atoms with Gasteiger partial charge in [-0.15, -0.1) is 0 Å².